The van der Waals surface area contributed by atoms with Crippen LogP contribution in [0.2, 0.25) is 0 Å². The Labute approximate surface area is 632 Å². The van der Waals surface area contributed by atoms with Crippen LogP contribution in [0.1, 0.15) is 349 Å². The first-order chi connectivity index (χ1) is 50.7. The van der Waals surface area contributed by atoms with Crippen LogP contribution in [0.5, 0.6) is 0 Å². The molecule has 0 spiro atoms. The third-order valence-corrected chi connectivity index (χ3v) is 19.1. The van der Waals surface area contributed by atoms with Crippen molar-refractivity contribution in [2.45, 2.75) is 367 Å². The molecular formula is C85H148O17P2. The first kappa shape index (κ1) is 99.7. The van der Waals surface area contributed by atoms with Crippen molar-refractivity contribution in [3.8, 4) is 0 Å². The lowest BCUT2D eigenvalue weighted by molar-refractivity contribution is -0.161. The minimum absolute atomic E-state index is 0.0752. The standard InChI is InChI=1S/C85H148O17P2/c1-5-9-13-17-21-25-29-33-37-39-43-46-50-54-58-62-66-70-83(88)96-76-81(102-85(90)72-68-64-60-56-52-48-44-40-38-34-30-26-22-18-14-10-6-2)78-100-104(93,94)98-74-79(86)73-97-103(91,92)99-77-80(101-84(89)71-67-63-59-55-51-47-42-36-32-28-24-20-16-12-8-4)75-95-82(87)69-65-61-57-53-49-45-41-35-31-27-23-19-15-11-7-3/h9,13,21,23-25,27-28,33-38,41-43,46,79-81,86H,5-8,10-12,14-20,22,26,29-32,39-40,44-45,47-78H2,1-4H3,(H,91,92)(H,93,94)/b13-9-,25-21-,27-23-,28-24-,37-33-,38-34-,41-35-,42-36-,46-43-/t79?,80-,81-/m1/s1. The summed E-state index contributed by atoms with van der Waals surface area (Å²) >= 11 is 0. The number of hydrogen-bond acceptors (Lipinski definition) is 15. The molecule has 0 aromatic carbocycles. The van der Waals surface area contributed by atoms with Crippen molar-refractivity contribution in [2.75, 3.05) is 39.6 Å². The van der Waals surface area contributed by atoms with Gasteiger partial charge in [0.25, 0.3) is 0 Å². The minimum Gasteiger partial charge on any atom is -0.462 e. The Morgan fingerprint density at radius 2 is 0.500 bits per heavy atom. The van der Waals surface area contributed by atoms with Gasteiger partial charge in [0.2, 0.25) is 0 Å². The molecule has 3 N–H and O–H groups in total. The molecular weight excluding hydrogens is 1350 g/mol. The fraction of sp³-hybridized carbons (Fsp3) is 0.741. The molecule has 19 heteroatoms. The number of phosphoric ester groups is 2. The molecule has 600 valence electrons. The van der Waals surface area contributed by atoms with Crippen LogP contribution >= 0.6 is 15.6 Å². The maximum Gasteiger partial charge on any atom is 0.472 e. The van der Waals surface area contributed by atoms with Gasteiger partial charge in [0.15, 0.2) is 12.2 Å². The molecule has 0 amide bonds. The Hall–Kier alpha value is -4.28. The van der Waals surface area contributed by atoms with E-state index in [1.165, 1.54) is 77.0 Å². The predicted octanol–water partition coefficient (Wildman–Crippen LogP) is 24.1. The Morgan fingerprint density at radius 1 is 0.279 bits per heavy atom. The maximum absolute atomic E-state index is 13.1. The van der Waals surface area contributed by atoms with Gasteiger partial charge >= 0.3 is 39.5 Å². The van der Waals surface area contributed by atoms with Crippen molar-refractivity contribution < 1.29 is 80.2 Å². The van der Waals surface area contributed by atoms with E-state index in [1.54, 1.807) is 0 Å². The molecule has 104 heavy (non-hydrogen) atoms. The lowest BCUT2D eigenvalue weighted by Gasteiger charge is -2.21. The molecule has 5 atom stereocenters. The number of allylic oxidation sites excluding steroid dienone is 18. The topological polar surface area (TPSA) is 237 Å². The van der Waals surface area contributed by atoms with Gasteiger partial charge in [-0.3, -0.25) is 37.3 Å². The average Bonchev–Trinajstić information content (AvgIpc) is 0.926. The van der Waals surface area contributed by atoms with Crippen molar-refractivity contribution >= 4 is 39.5 Å². The van der Waals surface area contributed by atoms with Crippen LogP contribution in [0.25, 0.3) is 0 Å². The highest BCUT2D eigenvalue weighted by Crippen LogP contribution is 2.45. The van der Waals surface area contributed by atoms with Crippen LogP contribution in [0.3, 0.4) is 0 Å². The summed E-state index contributed by atoms with van der Waals surface area (Å²) in [4.78, 5) is 73.1. The van der Waals surface area contributed by atoms with E-state index in [-0.39, 0.29) is 25.7 Å². The van der Waals surface area contributed by atoms with Crippen LogP contribution in [0.4, 0.5) is 0 Å². The summed E-state index contributed by atoms with van der Waals surface area (Å²) in [7, 11) is -9.97. The molecule has 0 heterocycles. The van der Waals surface area contributed by atoms with Gasteiger partial charge in [-0.15, -0.1) is 0 Å². The molecule has 3 unspecified atom stereocenters. The Balaban J connectivity index is 5.40. The van der Waals surface area contributed by atoms with Gasteiger partial charge in [-0.25, -0.2) is 9.13 Å². The van der Waals surface area contributed by atoms with Gasteiger partial charge in [-0.1, -0.05) is 278 Å². The molecule has 0 fully saturated rings. The number of esters is 4. The van der Waals surface area contributed by atoms with Crippen LogP contribution in [0, 0.1) is 0 Å². The predicted molar refractivity (Wildman–Crippen MR) is 427 cm³/mol. The highest BCUT2D eigenvalue weighted by atomic mass is 31.2. The SMILES string of the molecule is CC/C=C\C/C=C\C/C=C\C/C=C\CCCCCCC(=O)OC[C@H](COP(=O)(O)OCC(O)COP(=O)(O)OC[C@@H](COC(=O)CCCCCCC/C=C\C/C=C\CCCCC)OC(=O)CCCCCCC/C=C\C/C=C\CCCCC)OC(=O)CCCCCCCCC/C=C\CCCCCCCC. The van der Waals surface area contributed by atoms with Crippen LogP contribution in [0.15, 0.2) is 109 Å². The maximum atomic E-state index is 13.1. The molecule has 17 nitrogen and oxygen atoms in total. The second-order valence-electron chi connectivity index (χ2n) is 27.3. The van der Waals surface area contributed by atoms with Crippen molar-refractivity contribution in [2.24, 2.45) is 0 Å². The zero-order valence-electron chi connectivity index (χ0n) is 65.7. The highest BCUT2D eigenvalue weighted by Gasteiger charge is 2.30. The van der Waals surface area contributed by atoms with Gasteiger partial charge in [-0.2, -0.15) is 0 Å². The van der Waals surface area contributed by atoms with Gasteiger partial charge < -0.3 is 33.8 Å². The van der Waals surface area contributed by atoms with Gasteiger partial charge in [0, 0.05) is 25.7 Å². The summed E-state index contributed by atoms with van der Waals surface area (Å²) in [6, 6.07) is 0. The van der Waals surface area contributed by atoms with E-state index in [9.17, 15) is 43.2 Å². The van der Waals surface area contributed by atoms with E-state index in [1.807, 2.05) is 0 Å². The second kappa shape index (κ2) is 76.9. The van der Waals surface area contributed by atoms with Gasteiger partial charge in [-0.05, 0) is 154 Å². The molecule has 0 aliphatic rings. The summed E-state index contributed by atoms with van der Waals surface area (Å²) in [5, 5.41) is 10.7. The molecule has 0 bridgehead atoms. The van der Waals surface area contributed by atoms with Crippen molar-refractivity contribution in [1.82, 2.24) is 0 Å². The first-order valence-electron chi connectivity index (χ1n) is 41.1. The zero-order chi connectivity index (χ0) is 76.0. The summed E-state index contributed by atoms with van der Waals surface area (Å²) in [5.41, 5.74) is 0. The number of phosphoric acid groups is 2. The summed E-state index contributed by atoms with van der Waals surface area (Å²) in [6.45, 7) is 4.68. The lowest BCUT2D eigenvalue weighted by Crippen LogP contribution is -2.30. The third-order valence-electron chi connectivity index (χ3n) is 17.2. The van der Waals surface area contributed by atoms with E-state index in [4.69, 9.17) is 37.0 Å². The number of ether oxygens (including phenoxy) is 4. The van der Waals surface area contributed by atoms with E-state index in [2.05, 4.69) is 137 Å². The Kier molecular flexibility index (Phi) is 73.7. The van der Waals surface area contributed by atoms with Crippen LogP contribution in [-0.4, -0.2) is 96.7 Å². The average molecular weight is 1500 g/mol. The molecule has 0 radical (unpaired) electrons. The van der Waals surface area contributed by atoms with Crippen LogP contribution < -0.4 is 0 Å². The quantitative estimate of drug-likeness (QED) is 0.0169. The fourth-order valence-corrected chi connectivity index (χ4v) is 12.5. The molecule has 0 aromatic rings. The fourth-order valence-electron chi connectivity index (χ4n) is 10.9. The van der Waals surface area contributed by atoms with E-state index >= 15 is 0 Å². The van der Waals surface area contributed by atoms with Crippen molar-refractivity contribution in [3.63, 3.8) is 0 Å². The number of carbonyl (C=O) groups is 4. The molecule has 0 saturated carbocycles. The molecule has 0 rings (SSSR count). The first-order valence-corrected chi connectivity index (χ1v) is 44.1. The van der Waals surface area contributed by atoms with Gasteiger partial charge in [0.05, 0.1) is 26.4 Å². The number of aliphatic hydroxyl groups excluding tert-OH is 1. The molecule has 0 saturated heterocycles. The van der Waals surface area contributed by atoms with Crippen molar-refractivity contribution in [3.05, 3.63) is 109 Å². The number of hydrogen-bond donors (Lipinski definition) is 3. The van der Waals surface area contributed by atoms with E-state index < -0.39 is 97.5 Å². The highest BCUT2D eigenvalue weighted by molar-refractivity contribution is 7.47. The van der Waals surface area contributed by atoms with E-state index in [0.717, 1.165) is 193 Å². The Bertz CT molecular complexity index is 2390. The van der Waals surface area contributed by atoms with Crippen molar-refractivity contribution in [1.29, 1.82) is 0 Å². The largest absolute Gasteiger partial charge is 0.472 e. The third kappa shape index (κ3) is 75.9. The summed E-state index contributed by atoms with van der Waals surface area (Å²) in [6.07, 6.45) is 83.4. The molecule has 0 aliphatic heterocycles. The molecule has 0 aliphatic carbocycles. The number of unbranched alkanes of at least 4 members (excludes halogenated alkanes) is 33. The number of rotatable bonds is 77. The van der Waals surface area contributed by atoms with Gasteiger partial charge in [0.1, 0.15) is 19.3 Å². The Morgan fingerprint density at radius 3 is 0.798 bits per heavy atom. The summed E-state index contributed by atoms with van der Waals surface area (Å²) < 4.78 is 68.7. The van der Waals surface area contributed by atoms with E-state index in [0.29, 0.717) is 25.7 Å². The zero-order valence-corrected chi connectivity index (χ0v) is 67.5. The monoisotopic (exact) mass is 1500 g/mol. The minimum atomic E-state index is -4.99. The number of carbonyl (C=O) groups excluding carboxylic acids is 4. The second-order valence-corrected chi connectivity index (χ2v) is 30.2. The normalized spacial score (nSPS) is 14.4. The molecule has 0 aromatic heterocycles. The van der Waals surface area contributed by atoms with Crippen LogP contribution in [-0.2, 0) is 65.4 Å². The number of aliphatic hydroxyl groups is 1. The smallest absolute Gasteiger partial charge is 0.462 e. The summed E-state index contributed by atoms with van der Waals surface area (Å²) in [5.74, 6) is -2.22. The lowest BCUT2D eigenvalue weighted by atomic mass is 10.1.